The van der Waals surface area contributed by atoms with Crippen LogP contribution in [0.15, 0.2) is 50.6 Å². The molecule has 6 nitrogen and oxygen atoms in total. The third-order valence-electron chi connectivity index (χ3n) is 3.50. The first-order valence-electron chi connectivity index (χ1n) is 6.75. The van der Waals surface area contributed by atoms with Gasteiger partial charge in [-0.25, -0.2) is 0 Å². The molecule has 0 spiro atoms. The number of hydrogen-bond acceptors (Lipinski definition) is 4. The molecule has 9 heteroatoms. The highest BCUT2D eigenvalue weighted by Crippen LogP contribution is 2.38. The largest absolute Gasteiger partial charge is 0.300 e. The van der Waals surface area contributed by atoms with Crippen LogP contribution in [0.3, 0.4) is 0 Å². The van der Waals surface area contributed by atoms with Gasteiger partial charge in [0.2, 0.25) is 16.2 Å². The average molecular weight is 385 g/mol. The molecule has 1 aliphatic rings. The van der Waals surface area contributed by atoms with E-state index < -0.39 is 30.0 Å². The second kappa shape index (κ2) is 5.43. The van der Waals surface area contributed by atoms with Crippen LogP contribution in [0.5, 0.6) is 0 Å². The Labute approximate surface area is 143 Å². The van der Waals surface area contributed by atoms with Gasteiger partial charge in [0.1, 0.15) is 4.90 Å². The molecule has 0 aromatic heterocycles. The fourth-order valence-corrected chi connectivity index (χ4v) is 5.74. The highest BCUT2D eigenvalue weighted by atomic mass is 32.2. The molecule has 126 valence electrons. The molecule has 0 amide bonds. The molecule has 0 aliphatic carbocycles. The Bertz CT molecular complexity index is 1150. The molecule has 2 aromatic carbocycles. The SMILES string of the molecule is CC(C)=CC1=[S+]c2c(S(=O)(=O)O)cc(S(=O)(=O)O)c3cccc1c23. The molecule has 0 fully saturated rings. The number of allylic oxidation sites excluding steroid dienone is 2. The fourth-order valence-electron chi connectivity index (χ4n) is 2.63. The molecular weight excluding hydrogens is 372 g/mol. The summed E-state index contributed by atoms with van der Waals surface area (Å²) in [7, 11) is -9.34. The maximum atomic E-state index is 11.7. The summed E-state index contributed by atoms with van der Waals surface area (Å²) >= 11 is 1.14. The van der Waals surface area contributed by atoms with Crippen molar-refractivity contribution in [3.63, 3.8) is 0 Å². The smallest absolute Gasteiger partial charge is 0.282 e. The van der Waals surface area contributed by atoms with Gasteiger partial charge in [-0.2, -0.15) is 16.8 Å². The van der Waals surface area contributed by atoms with E-state index in [1.807, 2.05) is 19.9 Å². The first-order chi connectivity index (χ1) is 11.0. The predicted molar refractivity (Wildman–Crippen MR) is 92.7 cm³/mol. The summed E-state index contributed by atoms with van der Waals surface area (Å²) in [5.41, 5.74) is 1.63. The van der Waals surface area contributed by atoms with E-state index in [-0.39, 0.29) is 10.3 Å². The van der Waals surface area contributed by atoms with Gasteiger partial charge in [0, 0.05) is 11.5 Å². The quantitative estimate of drug-likeness (QED) is 0.363. The van der Waals surface area contributed by atoms with Crippen molar-refractivity contribution in [1.29, 1.82) is 0 Å². The number of rotatable bonds is 3. The molecule has 24 heavy (non-hydrogen) atoms. The second-order valence-corrected chi connectivity index (χ2v) is 9.40. The van der Waals surface area contributed by atoms with Crippen LogP contribution in [0.2, 0.25) is 0 Å². The van der Waals surface area contributed by atoms with Crippen molar-refractivity contribution < 1.29 is 25.9 Å². The Kier molecular flexibility index (Phi) is 3.89. The van der Waals surface area contributed by atoms with Crippen LogP contribution >= 0.6 is 0 Å². The number of hydrogen-bond donors (Lipinski definition) is 2. The molecule has 0 saturated heterocycles. The van der Waals surface area contributed by atoms with Crippen LogP contribution in [-0.4, -0.2) is 30.8 Å². The van der Waals surface area contributed by atoms with Gasteiger partial charge in [-0.05, 0) is 26.0 Å². The lowest BCUT2D eigenvalue weighted by Crippen LogP contribution is -2.06. The highest BCUT2D eigenvalue weighted by Gasteiger charge is 2.37. The van der Waals surface area contributed by atoms with Crippen LogP contribution < -0.4 is 0 Å². The minimum atomic E-state index is -4.67. The first-order valence-corrected chi connectivity index (χ1v) is 10.4. The van der Waals surface area contributed by atoms with Gasteiger partial charge in [0.05, 0.1) is 10.9 Å². The molecule has 0 atom stereocenters. The zero-order valence-electron chi connectivity index (χ0n) is 12.6. The maximum absolute atomic E-state index is 11.7. The zero-order valence-corrected chi connectivity index (χ0v) is 15.1. The van der Waals surface area contributed by atoms with Crippen LogP contribution in [0.25, 0.3) is 10.8 Å². The van der Waals surface area contributed by atoms with Crippen LogP contribution in [-0.2, 0) is 31.6 Å². The van der Waals surface area contributed by atoms with Gasteiger partial charge in [-0.1, -0.05) is 17.7 Å². The van der Waals surface area contributed by atoms with Gasteiger partial charge >= 0.3 is 0 Å². The monoisotopic (exact) mass is 385 g/mol. The number of benzene rings is 2. The first kappa shape index (κ1) is 17.2. The van der Waals surface area contributed by atoms with Gasteiger partial charge in [0.15, 0.2) is 4.90 Å². The van der Waals surface area contributed by atoms with E-state index in [1.54, 1.807) is 12.1 Å². The van der Waals surface area contributed by atoms with E-state index >= 15 is 0 Å². The molecule has 0 unspecified atom stereocenters. The van der Waals surface area contributed by atoms with E-state index in [9.17, 15) is 25.9 Å². The molecule has 1 aliphatic heterocycles. The molecule has 2 N–H and O–H groups in total. The Morgan fingerprint density at radius 1 is 1.04 bits per heavy atom. The van der Waals surface area contributed by atoms with E-state index in [2.05, 4.69) is 0 Å². The lowest BCUT2D eigenvalue weighted by molar-refractivity contribution is 0.480. The summed E-state index contributed by atoms with van der Waals surface area (Å²) in [6.45, 7) is 3.76. The van der Waals surface area contributed by atoms with Crippen molar-refractivity contribution in [1.82, 2.24) is 0 Å². The van der Waals surface area contributed by atoms with Crippen molar-refractivity contribution in [2.24, 2.45) is 0 Å². The predicted octanol–water partition coefficient (Wildman–Crippen LogP) is 2.28. The fraction of sp³-hybridized carbons (Fsp3) is 0.133. The van der Waals surface area contributed by atoms with Crippen molar-refractivity contribution in [3.05, 3.63) is 41.5 Å². The van der Waals surface area contributed by atoms with E-state index in [1.165, 1.54) is 6.07 Å². The minimum Gasteiger partial charge on any atom is -0.282 e. The summed E-state index contributed by atoms with van der Waals surface area (Å²) in [6.07, 6.45) is 1.85. The van der Waals surface area contributed by atoms with Crippen molar-refractivity contribution >= 4 is 47.2 Å². The minimum absolute atomic E-state index is 0.210. The summed E-state index contributed by atoms with van der Waals surface area (Å²) in [5, 5.41) is 0.597. The Morgan fingerprint density at radius 3 is 2.21 bits per heavy atom. The van der Waals surface area contributed by atoms with E-state index in [4.69, 9.17) is 0 Å². The van der Waals surface area contributed by atoms with Crippen LogP contribution in [0.1, 0.15) is 19.4 Å². The van der Waals surface area contributed by atoms with Crippen molar-refractivity contribution in [2.45, 2.75) is 28.5 Å². The van der Waals surface area contributed by atoms with Crippen molar-refractivity contribution in [2.75, 3.05) is 0 Å². The normalized spacial score (nSPS) is 13.9. The molecule has 2 aromatic rings. The molecular formula is C15H13O6S3+. The summed E-state index contributed by atoms with van der Waals surface area (Å²) in [4.78, 5) is -0.0806. The van der Waals surface area contributed by atoms with Gasteiger partial charge < -0.3 is 0 Å². The standard InChI is InChI=1S/C15H12O6S3/c1-8(2)6-11-9-4-3-5-10-12(23(16,17)18)7-13(24(19,20)21)15(22-11)14(9)10/h3-7H,1-2H3,(H-,16,17,18,19,20,21)/p+1. The Balaban J connectivity index is 2.57. The van der Waals surface area contributed by atoms with Crippen LogP contribution in [0, 0.1) is 0 Å². The Morgan fingerprint density at radius 2 is 1.67 bits per heavy atom. The summed E-state index contributed by atoms with van der Waals surface area (Å²) in [5.74, 6) is 0. The molecule has 0 bridgehead atoms. The van der Waals surface area contributed by atoms with Gasteiger partial charge in [-0.3, -0.25) is 9.11 Å². The summed E-state index contributed by atoms with van der Waals surface area (Å²) < 4.78 is 65.8. The third-order valence-corrected chi connectivity index (χ3v) is 6.58. The molecule has 0 saturated carbocycles. The third kappa shape index (κ3) is 2.78. The summed E-state index contributed by atoms with van der Waals surface area (Å²) in [6, 6.07) is 5.66. The molecule has 3 rings (SSSR count). The van der Waals surface area contributed by atoms with Crippen LogP contribution in [0.4, 0.5) is 0 Å². The highest BCUT2D eigenvalue weighted by molar-refractivity contribution is 7.87. The van der Waals surface area contributed by atoms with E-state index in [0.29, 0.717) is 10.9 Å². The molecule has 0 radical (unpaired) electrons. The zero-order chi connectivity index (χ0) is 17.9. The second-order valence-electron chi connectivity index (χ2n) is 5.57. The Hall–Kier alpha value is -1.65. The topological polar surface area (TPSA) is 109 Å². The van der Waals surface area contributed by atoms with E-state index in [0.717, 1.165) is 27.9 Å². The maximum Gasteiger partial charge on any atom is 0.300 e. The van der Waals surface area contributed by atoms with Gasteiger partial charge in [-0.15, -0.1) is 0 Å². The van der Waals surface area contributed by atoms with Gasteiger partial charge in [0.25, 0.3) is 25.1 Å². The lowest BCUT2D eigenvalue weighted by atomic mass is 10.0. The average Bonchev–Trinajstić information content (AvgIpc) is 2.76. The lowest BCUT2D eigenvalue weighted by Gasteiger charge is -2.06. The molecule has 1 heterocycles. The van der Waals surface area contributed by atoms with Crippen molar-refractivity contribution in [3.8, 4) is 0 Å².